The van der Waals surface area contributed by atoms with Crippen molar-refractivity contribution in [1.82, 2.24) is 4.98 Å². The molecule has 0 atom stereocenters. The summed E-state index contributed by atoms with van der Waals surface area (Å²) in [5.74, 6) is 0. The molecule has 0 amide bonds. The van der Waals surface area contributed by atoms with Crippen LogP contribution >= 0.6 is 27.4 Å². The molecule has 0 spiro atoms. The van der Waals surface area contributed by atoms with Gasteiger partial charge in [-0.2, -0.15) is 0 Å². The number of aromatic nitrogens is 1. The van der Waals surface area contributed by atoms with Crippen LogP contribution in [0.2, 0.25) is 5.02 Å². The molecule has 1 aromatic heterocycles. The fourth-order valence-electron chi connectivity index (χ4n) is 4.47. The number of nitrogens with one attached hydrogen (secondary N) is 1. The van der Waals surface area contributed by atoms with Crippen LogP contribution in [-0.2, 0) is 12.7 Å². The van der Waals surface area contributed by atoms with E-state index in [-0.39, 0.29) is 7.92 Å². The zero-order valence-corrected chi connectivity index (χ0v) is 24.1. The summed E-state index contributed by atoms with van der Waals surface area (Å²) in [5, 5.41) is 8.30. The van der Waals surface area contributed by atoms with Gasteiger partial charge in [0.05, 0.1) is 12.2 Å². The van der Waals surface area contributed by atoms with Crippen molar-refractivity contribution >= 4 is 49.0 Å². The predicted octanol–water partition coefficient (Wildman–Crippen LogP) is 7.90. The van der Waals surface area contributed by atoms with E-state index in [1.165, 1.54) is 21.6 Å². The first-order valence-electron chi connectivity index (χ1n) is 12.6. The second-order valence-electron chi connectivity index (χ2n) is 9.50. The Hall–Kier alpha value is -2.24. The van der Waals surface area contributed by atoms with Crippen LogP contribution < -0.4 is 21.2 Å². The summed E-state index contributed by atoms with van der Waals surface area (Å²) in [4.78, 5) is 5.03. The van der Waals surface area contributed by atoms with Crippen molar-refractivity contribution in [2.24, 2.45) is 0 Å². The van der Waals surface area contributed by atoms with Gasteiger partial charge in [0.25, 0.3) is 0 Å². The molecule has 0 radical (unpaired) electrons. The Morgan fingerprint density at radius 1 is 0.722 bits per heavy atom. The monoisotopic (exact) mass is 532 g/mol. The van der Waals surface area contributed by atoms with Gasteiger partial charge in [-0.05, 0) is 60.2 Å². The van der Waals surface area contributed by atoms with E-state index in [0.717, 1.165) is 22.6 Å². The first-order chi connectivity index (χ1) is 17.4. The van der Waals surface area contributed by atoms with Crippen LogP contribution in [0.15, 0.2) is 97.1 Å². The van der Waals surface area contributed by atoms with Crippen LogP contribution in [0.5, 0.6) is 0 Å². The summed E-state index contributed by atoms with van der Waals surface area (Å²) in [5.41, 5.74) is 4.79. The summed E-state index contributed by atoms with van der Waals surface area (Å²) < 4.78 is 0. The highest BCUT2D eigenvalue weighted by atomic mass is 35.5. The van der Waals surface area contributed by atoms with Crippen molar-refractivity contribution in [3.63, 3.8) is 0 Å². The van der Waals surface area contributed by atoms with Gasteiger partial charge >= 0.3 is 0 Å². The molecule has 1 heterocycles. The van der Waals surface area contributed by atoms with Crippen molar-refractivity contribution in [3.8, 4) is 0 Å². The molecule has 0 saturated heterocycles. The second-order valence-corrected chi connectivity index (χ2v) is 15.5. The van der Waals surface area contributed by atoms with E-state index in [9.17, 15) is 0 Å². The lowest BCUT2D eigenvalue weighted by atomic mass is 10.3. The number of rotatable bonds is 10. The zero-order valence-electron chi connectivity index (χ0n) is 21.5. The highest BCUT2D eigenvalue weighted by Gasteiger charge is 2.21. The smallest absolute Gasteiger partial charge is 0.0598 e. The second kappa shape index (κ2) is 12.8. The molecule has 36 heavy (non-hydrogen) atoms. The molecule has 186 valence electrons. The van der Waals surface area contributed by atoms with Crippen LogP contribution in [0.3, 0.4) is 0 Å². The first-order valence-corrected chi connectivity index (χ1v) is 15.9. The van der Waals surface area contributed by atoms with Gasteiger partial charge in [0.2, 0.25) is 0 Å². The standard InChI is InChI=1S/C31H35ClN2P2/c1-23(2)35(24(3)4)22-27-13-11-12-26(34-27)21-33-30-19-18-25(32)20-31(30)36(28-14-7-5-8-15-28)29-16-9-6-10-17-29/h5-20,23-24,33H,21-22H2,1-4H3. The topological polar surface area (TPSA) is 24.9 Å². The fraction of sp³-hybridized carbons (Fsp3) is 0.258. The molecule has 0 saturated carbocycles. The van der Waals surface area contributed by atoms with Crippen molar-refractivity contribution in [2.75, 3.05) is 5.32 Å². The maximum Gasteiger partial charge on any atom is 0.0598 e. The minimum atomic E-state index is -0.761. The van der Waals surface area contributed by atoms with Gasteiger partial charge in [-0.3, -0.25) is 4.98 Å². The van der Waals surface area contributed by atoms with Crippen molar-refractivity contribution in [2.45, 2.75) is 51.7 Å². The van der Waals surface area contributed by atoms with Gasteiger partial charge < -0.3 is 5.32 Å². The van der Waals surface area contributed by atoms with Crippen LogP contribution in [0.25, 0.3) is 0 Å². The normalized spacial score (nSPS) is 11.6. The Morgan fingerprint density at radius 3 is 1.89 bits per heavy atom. The van der Waals surface area contributed by atoms with E-state index in [4.69, 9.17) is 16.6 Å². The van der Waals surface area contributed by atoms with Crippen molar-refractivity contribution < 1.29 is 0 Å². The third-order valence-electron chi connectivity index (χ3n) is 6.23. The van der Waals surface area contributed by atoms with Crippen LogP contribution in [0.1, 0.15) is 39.1 Å². The molecule has 1 N–H and O–H groups in total. The number of halogens is 1. The average Bonchev–Trinajstić information content (AvgIpc) is 2.88. The summed E-state index contributed by atoms with van der Waals surface area (Å²) in [6, 6.07) is 34.1. The Balaban J connectivity index is 1.62. The van der Waals surface area contributed by atoms with E-state index < -0.39 is 7.92 Å². The van der Waals surface area contributed by atoms with Gasteiger partial charge in [0, 0.05) is 27.9 Å². The van der Waals surface area contributed by atoms with Gasteiger partial charge in [-0.1, -0.05) is 114 Å². The number of hydrogen-bond acceptors (Lipinski definition) is 2. The number of hydrogen-bond donors (Lipinski definition) is 1. The fourth-order valence-corrected chi connectivity index (χ4v) is 9.65. The molecule has 4 aromatic rings. The highest BCUT2D eigenvalue weighted by molar-refractivity contribution is 7.80. The molecule has 0 bridgehead atoms. The zero-order chi connectivity index (χ0) is 25.5. The molecule has 0 fully saturated rings. The minimum absolute atomic E-state index is 0.0844. The van der Waals surface area contributed by atoms with Gasteiger partial charge in [-0.25, -0.2) is 0 Å². The number of pyridine rings is 1. The molecule has 3 aromatic carbocycles. The van der Waals surface area contributed by atoms with E-state index in [1.807, 2.05) is 6.07 Å². The Kier molecular flexibility index (Phi) is 9.55. The lowest BCUT2D eigenvalue weighted by Gasteiger charge is -2.25. The first kappa shape index (κ1) is 26.8. The Bertz CT molecular complexity index is 1200. The molecular formula is C31H35ClN2P2. The molecule has 0 aliphatic rings. The predicted molar refractivity (Wildman–Crippen MR) is 163 cm³/mol. The van der Waals surface area contributed by atoms with Crippen LogP contribution in [0.4, 0.5) is 5.69 Å². The lowest BCUT2D eigenvalue weighted by molar-refractivity contribution is 0.967. The van der Waals surface area contributed by atoms with E-state index in [1.54, 1.807) is 0 Å². The van der Waals surface area contributed by atoms with Crippen LogP contribution in [-0.4, -0.2) is 16.3 Å². The lowest BCUT2D eigenvalue weighted by Crippen LogP contribution is -2.23. The third kappa shape index (κ3) is 6.95. The van der Waals surface area contributed by atoms with Gasteiger partial charge in [-0.15, -0.1) is 0 Å². The average molecular weight is 533 g/mol. The van der Waals surface area contributed by atoms with Gasteiger partial charge in [0.15, 0.2) is 0 Å². The largest absolute Gasteiger partial charge is 0.379 e. The van der Waals surface area contributed by atoms with E-state index in [0.29, 0.717) is 17.9 Å². The number of nitrogens with zero attached hydrogens (tertiary/aromatic N) is 1. The Labute approximate surface area is 224 Å². The summed E-state index contributed by atoms with van der Waals surface area (Å²) in [6.45, 7) is 10.1. The molecular weight excluding hydrogens is 498 g/mol. The molecule has 0 unspecified atom stereocenters. The molecule has 0 aliphatic heterocycles. The maximum absolute atomic E-state index is 6.55. The van der Waals surface area contributed by atoms with E-state index in [2.05, 4.69) is 124 Å². The molecule has 0 aliphatic carbocycles. The third-order valence-corrected chi connectivity index (χ3v) is 12.3. The van der Waals surface area contributed by atoms with Crippen molar-refractivity contribution in [1.29, 1.82) is 0 Å². The van der Waals surface area contributed by atoms with Crippen molar-refractivity contribution in [3.05, 3.63) is 113 Å². The number of anilines is 1. The Morgan fingerprint density at radius 2 is 1.31 bits per heavy atom. The minimum Gasteiger partial charge on any atom is -0.379 e. The molecule has 5 heteroatoms. The quantitative estimate of drug-likeness (QED) is 0.210. The SMILES string of the molecule is CC(C)P(Cc1cccc(CNc2ccc(Cl)cc2P(c2ccccc2)c2ccccc2)n1)C(C)C. The van der Waals surface area contributed by atoms with E-state index >= 15 is 0 Å². The van der Waals surface area contributed by atoms with Gasteiger partial charge in [0.1, 0.15) is 0 Å². The summed E-state index contributed by atoms with van der Waals surface area (Å²) in [7, 11) is -0.845. The molecule has 4 rings (SSSR count). The number of benzene rings is 3. The van der Waals surface area contributed by atoms with Crippen LogP contribution in [0, 0.1) is 0 Å². The highest BCUT2D eigenvalue weighted by Crippen LogP contribution is 2.48. The summed E-state index contributed by atoms with van der Waals surface area (Å²) in [6.07, 6.45) is 1.08. The molecule has 2 nitrogen and oxygen atoms in total. The summed E-state index contributed by atoms with van der Waals surface area (Å²) >= 11 is 6.55. The maximum atomic E-state index is 6.55.